The van der Waals surface area contributed by atoms with E-state index in [4.69, 9.17) is 14.6 Å². The van der Waals surface area contributed by atoms with Crippen molar-refractivity contribution in [2.75, 3.05) is 32.8 Å². The second kappa shape index (κ2) is 17.4. The lowest BCUT2D eigenvalue weighted by molar-refractivity contribution is -0.135. The second-order valence-corrected chi connectivity index (χ2v) is 14.1. The third-order valence-corrected chi connectivity index (χ3v) is 10.5. The van der Waals surface area contributed by atoms with Crippen LogP contribution in [0.1, 0.15) is 36.0 Å². The molecule has 4 N–H and O–H groups in total. The van der Waals surface area contributed by atoms with Crippen LogP contribution in [0.5, 0.6) is 11.5 Å². The van der Waals surface area contributed by atoms with Crippen LogP contribution in [0.2, 0.25) is 0 Å². The summed E-state index contributed by atoms with van der Waals surface area (Å²) >= 11 is 0. The summed E-state index contributed by atoms with van der Waals surface area (Å²) in [5, 5.41) is 26.0. The van der Waals surface area contributed by atoms with E-state index in [1.807, 2.05) is 78.9 Å². The van der Waals surface area contributed by atoms with Gasteiger partial charge in [0.1, 0.15) is 30.8 Å². The zero-order valence-electron chi connectivity index (χ0n) is 27.5. The standard InChI is InChI=1S/C38H45N3O7S/c42-33(29-48-35-19-17-34(18-20-35)47-28-32-13-5-2-6-14-32)26-40-38(25-31-11-3-1-4-12-31)21-23-41(38)49(45,46)36-16-9-15-30(24-36)10-7-8-22-39-27-37(43)44/h1-6,9,11-20,24,33,39-40,42H,7-8,10,21-23,25-29H2,(H,43,44). The molecule has 5 rings (SSSR count). The number of aliphatic hydroxyl groups excluding tert-OH is 1. The fourth-order valence-corrected chi connectivity index (χ4v) is 7.69. The minimum absolute atomic E-state index is 0.0270. The molecule has 49 heavy (non-hydrogen) atoms. The predicted molar refractivity (Wildman–Crippen MR) is 188 cm³/mol. The number of ether oxygens (including phenoxy) is 2. The molecule has 1 heterocycles. The zero-order chi connectivity index (χ0) is 34.5. The van der Waals surface area contributed by atoms with Crippen LogP contribution in [0.3, 0.4) is 0 Å². The summed E-state index contributed by atoms with van der Waals surface area (Å²) in [6.07, 6.45) is 2.39. The van der Waals surface area contributed by atoms with Gasteiger partial charge in [-0.1, -0.05) is 72.8 Å². The molecule has 2 unspecified atom stereocenters. The van der Waals surface area contributed by atoms with Gasteiger partial charge in [-0.2, -0.15) is 4.31 Å². The van der Waals surface area contributed by atoms with Crippen LogP contribution in [-0.4, -0.2) is 73.5 Å². The van der Waals surface area contributed by atoms with E-state index in [0.717, 1.165) is 29.5 Å². The maximum atomic E-state index is 14.1. The number of carboxylic acid groups (broad SMARTS) is 1. The topological polar surface area (TPSA) is 137 Å². The Morgan fingerprint density at radius 2 is 1.49 bits per heavy atom. The van der Waals surface area contributed by atoms with Gasteiger partial charge in [-0.25, -0.2) is 8.42 Å². The van der Waals surface area contributed by atoms with Gasteiger partial charge in [0, 0.05) is 19.5 Å². The molecule has 0 radical (unpaired) electrons. The Hall–Kier alpha value is -4.26. The van der Waals surface area contributed by atoms with Gasteiger partial charge in [-0.05, 0) is 85.3 Å². The summed E-state index contributed by atoms with van der Waals surface area (Å²) in [7, 11) is -3.86. The summed E-state index contributed by atoms with van der Waals surface area (Å²) in [6.45, 7) is 1.48. The third-order valence-electron chi connectivity index (χ3n) is 8.56. The normalized spacial score (nSPS) is 16.8. The number of rotatable bonds is 20. The lowest BCUT2D eigenvalue weighted by Crippen LogP contribution is -2.71. The van der Waals surface area contributed by atoms with Crippen molar-refractivity contribution < 1.29 is 32.9 Å². The van der Waals surface area contributed by atoms with Crippen LogP contribution >= 0.6 is 0 Å². The minimum atomic E-state index is -3.86. The second-order valence-electron chi connectivity index (χ2n) is 12.3. The smallest absolute Gasteiger partial charge is 0.317 e. The summed E-state index contributed by atoms with van der Waals surface area (Å²) in [4.78, 5) is 10.9. The Kier molecular flexibility index (Phi) is 12.8. The molecule has 260 valence electrons. The molecule has 0 amide bonds. The zero-order valence-corrected chi connectivity index (χ0v) is 28.4. The summed E-state index contributed by atoms with van der Waals surface area (Å²) in [6, 6.07) is 33.9. The van der Waals surface area contributed by atoms with Crippen molar-refractivity contribution in [3.8, 4) is 11.5 Å². The largest absolute Gasteiger partial charge is 0.491 e. The molecule has 0 spiro atoms. The van der Waals surface area contributed by atoms with E-state index < -0.39 is 27.8 Å². The summed E-state index contributed by atoms with van der Waals surface area (Å²) in [5.41, 5.74) is 2.06. The van der Waals surface area contributed by atoms with Gasteiger partial charge in [0.15, 0.2) is 0 Å². The van der Waals surface area contributed by atoms with E-state index in [0.29, 0.717) is 50.5 Å². The molecule has 0 aliphatic carbocycles. The van der Waals surface area contributed by atoms with Crippen LogP contribution in [-0.2, 0) is 34.3 Å². The molecule has 2 atom stereocenters. The molecular formula is C38H45N3O7S. The van der Waals surface area contributed by atoms with Crippen LogP contribution in [0.4, 0.5) is 0 Å². The maximum Gasteiger partial charge on any atom is 0.317 e. The number of carboxylic acids is 1. The van der Waals surface area contributed by atoms with Gasteiger partial charge in [0.05, 0.1) is 17.1 Å². The predicted octanol–water partition coefficient (Wildman–Crippen LogP) is 4.63. The molecule has 1 aliphatic rings. The van der Waals surface area contributed by atoms with Gasteiger partial charge in [-0.3, -0.25) is 10.1 Å². The van der Waals surface area contributed by atoms with E-state index in [1.165, 1.54) is 4.31 Å². The minimum Gasteiger partial charge on any atom is -0.491 e. The monoisotopic (exact) mass is 687 g/mol. The van der Waals surface area contributed by atoms with E-state index >= 15 is 0 Å². The van der Waals surface area contributed by atoms with Crippen molar-refractivity contribution >= 4 is 16.0 Å². The Morgan fingerprint density at radius 1 is 0.837 bits per heavy atom. The number of aliphatic carboxylic acids is 1. The van der Waals surface area contributed by atoms with Gasteiger partial charge in [0.25, 0.3) is 0 Å². The van der Waals surface area contributed by atoms with Crippen LogP contribution in [0, 0.1) is 0 Å². The molecule has 0 bridgehead atoms. The van der Waals surface area contributed by atoms with Crippen molar-refractivity contribution in [1.82, 2.24) is 14.9 Å². The number of unbranched alkanes of at least 4 members (excludes halogenated alkanes) is 1. The number of hydrogen-bond donors (Lipinski definition) is 4. The highest BCUT2D eigenvalue weighted by Crippen LogP contribution is 2.37. The molecule has 11 heteroatoms. The maximum absolute atomic E-state index is 14.1. The van der Waals surface area contributed by atoms with Crippen LogP contribution in [0.15, 0.2) is 114 Å². The van der Waals surface area contributed by atoms with E-state index in [9.17, 15) is 18.3 Å². The number of sulfonamides is 1. The first-order valence-electron chi connectivity index (χ1n) is 16.6. The van der Waals surface area contributed by atoms with E-state index in [-0.39, 0.29) is 24.6 Å². The first kappa shape index (κ1) is 36.0. The van der Waals surface area contributed by atoms with Crippen molar-refractivity contribution in [3.05, 3.63) is 126 Å². The molecule has 0 aromatic heterocycles. The quantitative estimate of drug-likeness (QED) is 0.0981. The molecular weight excluding hydrogens is 642 g/mol. The first-order valence-corrected chi connectivity index (χ1v) is 18.1. The lowest BCUT2D eigenvalue weighted by Gasteiger charge is -2.52. The molecule has 10 nitrogen and oxygen atoms in total. The molecule has 1 saturated heterocycles. The first-order chi connectivity index (χ1) is 23.7. The summed E-state index contributed by atoms with van der Waals surface area (Å²) in [5.74, 6) is 0.411. The van der Waals surface area contributed by atoms with E-state index in [2.05, 4.69) is 10.6 Å². The molecule has 4 aromatic rings. The third kappa shape index (κ3) is 10.4. The lowest BCUT2D eigenvalue weighted by atomic mass is 9.90. The Labute approximate surface area is 288 Å². The van der Waals surface area contributed by atoms with Crippen molar-refractivity contribution in [1.29, 1.82) is 0 Å². The highest BCUT2D eigenvalue weighted by atomic mass is 32.2. The van der Waals surface area contributed by atoms with Crippen molar-refractivity contribution in [2.24, 2.45) is 0 Å². The van der Waals surface area contributed by atoms with Gasteiger partial charge in [-0.15, -0.1) is 0 Å². The number of aryl methyl sites for hydroxylation is 1. The SMILES string of the molecule is O=C(O)CNCCCCc1cccc(S(=O)(=O)N2CCC2(Cc2ccccc2)NCC(O)COc2ccc(OCc3ccccc3)cc2)c1. The average Bonchev–Trinajstić information content (AvgIpc) is 3.10. The number of nitrogens with zero attached hydrogens (tertiary/aromatic N) is 1. The number of benzene rings is 4. The summed E-state index contributed by atoms with van der Waals surface area (Å²) < 4.78 is 41.4. The van der Waals surface area contributed by atoms with Crippen LogP contribution in [0.25, 0.3) is 0 Å². The molecule has 4 aromatic carbocycles. The Morgan fingerprint density at radius 3 is 2.14 bits per heavy atom. The average molecular weight is 688 g/mol. The van der Waals surface area contributed by atoms with Crippen molar-refractivity contribution in [2.45, 2.75) is 55.4 Å². The van der Waals surface area contributed by atoms with E-state index in [1.54, 1.807) is 30.3 Å². The fourth-order valence-electron chi connectivity index (χ4n) is 5.87. The Balaban J connectivity index is 1.18. The molecule has 0 saturated carbocycles. The number of aliphatic hydroxyl groups is 1. The molecule has 1 aliphatic heterocycles. The van der Waals surface area contributed by atoms with Crippen LogP contribution < -0.4 is 20.1 Å². The fraction of sp³-hybridized carbons (Fsp3) is 0.342. The van der Waals surface area contributed by atoms with Gasteiger partial charge >= 0.3 is 5.97 Å². The van der Waals surface area contributed by atoms with Gasteiger partial charge < -0.3 is 25.0 Å². The molecule has 1 fully saturated rings. The van der Waals surface area contributed by atoms with Crippen molar-refractivity contribution in [3.63, 3.8) is 0 Å². The van der Waals surface area contributed by atoms with Gasteiger partial charge in [0.2, 0.25) is 10.0 Å². The number of nitrogens with one attached hydrogen (secondary N) is 2. The number of carbonyl (C=O) groups is 1. The Bertz CT molecular complexity index is 1720. The highest BCUT2D eigenvalue weighted by Gasteiger charge is 2.51. The number of hydrogen-bond acceptors (Lipinski definition) is 8. The highest BCUT2D eigenvalue weighted by molar-refractivity contribution is 7.89.